The van der Waals surface area contributed by atoms with Crippen LogP contribution in [0.2, 0.25) is 0 Å². The van der Waals surface area contributed by atoms with E-state index in [0.717, 1.165) is 36.8 Å². The van der Waals surface area contributed by atoms with Crippen molar-refractivity contribution >= 4 is 33.1 Å². The largest absolute Gasteiger partial charge is 0.409 e. The standard InChI is InChI=1S/C13H22BrN3OS/c1-13(2,12(15)17-18)5-3-4-6-16-8-11-7-10(14)9-19-11/h7,9,16,18H,3-6,8H2,1-2H3,(H2,15,17). The smallest absolute Gasteiger partial charge is 0.144 e. The molecule has 0 aliphatic heterocycles. The number of amidine groups is 1. The van der Waals surface area contributed by atoms with Gasteiger partial charge >= 0.3 is 0 Å². The quantitative estimate of drug-likeness (QED) is 0.221. The van der Waals surface area contributed by atoms with Crippen LogP contribution >= 0.6 is 27.3 Å². The lowest BCUT2D eigenvalue weighted by Gasteiger charge is -2.22. The molecule has 0 aliphatic rings. The Morgan fingerprint density at radius 1 is 1.53 bits per heavy atom. The van der Waals surface area contributed by atoms with Crippen molar-refractivity contribution < 1.29 is 5.21 Å². The highest BCUT2D eigenvalue weighted by Crippen LogP contribution is 2.23. The molecular formula is C13H22BrN3OS. The number of rotatable bonds is 8. The molecule has 0 spiro atoms. The van der Waals surface area contributed by atoms with Gasteiger partial charge in [0.05, 0.1) is 0 Å². The molecule has 0 bridgehead atoms. The van der Waals surface area contributed by atoms with Crippen LogP contribution in [0.3, 0.4) is 0 Å². The van der Waals surface area contributed by atoms with Crippen LogP contribution in [0.15, 0.2) is 21.1 Å². The number of nitrogens with one attached hydrogen (secondary N) is 1. The molecule has 4 nitrogen and oxygen atoms in total. The molecule has 6 heteroatoms. The molecule has 0 amide bonds. The van der Waals surface area contributed by atoms with Crippen molar-refractivity contribution in [3.8, 4) is 0 Å². The summed E-state index contributed by atoms with van der Waals surface area (Å²) in [6.07, 6.45) is 3.08. The number of nitrogens with two attached hydrogens (primary N) is 1. The summed E-state index contributed by atoms with van der Waals surface area (Å²) in [7, 11) is 0. The molecule has 1 aromatic rings. The molecule has 0 unspecified atom stereocenters. The van der Waals surface area contributed by atoms with Crippen LogP contribution in [0.25, 0.3) is 0 Å². The van der Waals surface area contributed by atoms with Crippen molar-refractivity contribution in [3.63, 3.8) is 0 Å². The van der Waals surface area contributed by atoms with E-state index in [9.17, 15) is 0 Å². The Balaban J connectivity index is 2.11. The maximum absolute atomic E-state index is 8.69. The zero-order chi connectivity index (χ0) is 14.3. The Kier molecular flexibility index (Phi) is 6.82. The summed E-state index contributed by atoms with van der Waals surface area (Å²) in [5.41, 5.74) is 5.42. The number of nitrogens with zero attached hydrogens (tertiary/aromatic N) is 1. The number of unbranched alkanes of at least 4 members (excludes halogenated alkanes) is 1. The highest BCUT2D eigenvalue weighted by Gasteiger charge is 2.22. The monoisotopic (exact) mass is 347 g/mol. The summed E-state index contributed by atoms with van der Waals surface area (Å²) in [5.74, 6) is 0.309. The Hall–Kier alpha value is -0.590. The molecular weight excluding hydrogens is 326 g/mol. The number of hydrogen-bond donors (Lipinski definition) is 3. The number of hydrogen-bond acceptors (Lipinski definition) is 4. The van der Waals surface area contributed by atoms with Crippen LogP contribution in [0.5, 0.6) is 0 Å². The van der Waals surface area contributed by atoms with Crippen LogP contribution in [0.4, 0.5) is 0 Å². The van der Waals surface area contributed by atoms with Gasteiger partial charge in [0, 0.05) is 26.7 Å². The van der Waals surface area contributed by atoms with Crippen molar-refractivity contribution in [2.24, 2.45) is 16.3 Å². The molecule has 1 heterocycles. The van der Waals surface area contributed by atoms with E-state index in [1.165, 1.54) is 4.88 Å². The number of thiophene rings is 1. The summed E-state index contributed by atoms with van der Waals surface area (Å²) in [4.78, 5) is 1.34. The predicted octanol–water partition coefficient (Wildman–Crippen LogP) is 3.54. The number of oxime groups is 1. The second kappa shape index (κ2) is 7.87. The lowest BCUT2D eigenvalue weighted by molar-refractivity contribution is 0.304. The van der Waals surface area contributed by atoms with Crippen LogP contribution in [-0.4, -0.2) is 17.6 Å². The summed E-state index contributed by atoms with van der Waals surface area (Å²) >= 11 is 5.20. The first-order chi connectivity index (χ1) is 8.95. The molecule has 0 saturated heterocycles. The second-order valence-electron chi connectivity index (χ2n) is 5.23. The molecule has 1 aromatic heterocycles. The van der Waals surface area contributed by atoms with E-state index >= 15 is 0 Å². The Morgan fingerprint density at radius 2 is 2.26 bits per heavy atom. The normalized spacial score (nSPS) is 12.9. The van der Waals surface area contributed by atoms with Gasteiger partial charge in [0.1, 0.15) is 5.84 Å². The fraction of sp³-hybridized carbons (Fsp3) is 0.615. The van der Waals surface area contributed by atoms with Crippen molar-refractivity contribution in [1.82, 2.24) is 5.32 Å². The van der Waals surface area contributed by atoms with E-state index in [1.54, 1.807) is 11.3 Å². The summed E-state index contributed by atoms with van der Waals surface area (Å²) < 4.78 is 1.15. The van der Waals surface area contributed by atoms with Crippen molar-refractivity contribution in [1.29, 1.82) is 0 Å². The number of halogens is 1. The minimum atomic E-state index is -0.229. The van der Waals surface area contributed by atoms with Gasteiger partial charge in [0.2, 0.25) is 0 Å². The third-order valence-corrected chi connectivity index (χ3v) is 4.83. The summed E-state index contributed by atoms with van der Waals surface area (Å²) in [5, 5.41) is 17.3. The topological polar surface area (TPSA) is 70.6 Å². The van der Waals surface area contributed by atoms with Gasteiger partial charge < -0.3 is 16.3 Å². The first kappa shape index (κ1) is 16.5. The van der Waals surface area contributed by atoms with Gasteiger partial charge in [-0.15, -0.1) is 11.3 Å². The van der Waals surface area contributed by atoms with E-state index in [1.807, 2.05) is 13.8 Å². The molecule has 0 atom stereocenters. The first-order valence-electron chi connectivity index (χ1n) is 6.37. The van der Waals surface area contributed by atoms with Gasteiger partial charge in [0.15, 0.2) is 0 Å². The van der Waals surface area contributed by atoms with Gasteiger partial charge in [-0.2, -0.15) is 0 Å². The molecule has 0 fully saturated rings. The second-order valence-corrected chi connectivity index (χ2v) is 7.15. The van der Waals surface area contributed by atoms with Crippen molar-refractivity contribution in [2.45, 2.75) is 39.7 Å². The Labute approximate surface area is 127 Å². The molecule has 0 aromatic carbocycles. The first-order valence-corrected chi connectivity index (χ1v) is 8.04. The SMILES string of the molecule is CC(C)(CCCCNCc1cc(Br)cs1)C(N)=NO. The third-order valence-electron chi connectivity index (χ3n) is 3.13. The van der Waals surface area contributed by atoms with Gasteiger partial charge in [0.25, 0.3) is 0 Å². The van der Waals surface area contributed by atoms with E-state index < -0.39 is 0 Å². The summed E-state index contributed by atoms with van der Waals surface area (Å²) in [6, 6.07) is 2.14. The molecule has 0 aliphatic carbocycles. The molecule has 19 heavy (non-hydrogen) atoms. The van der Waals surface area contributed by atoms with E-state index in [4.69, 9.17) is 10.9 Å². The van der Waals surface area contributed by atoms with Gasteiger partial charge in [-0.25, -0.2) is 0 Å². The van der Waals surface area contributed by atoms with Crippen LogP contribution in [-0.2, 0) is 6.54 Å². The predicted molar refractivity (Wildman–Crippen MR) is 84.8 cm³/mol. The fourth-order valence-electron chi connectivity index (χ4n) is 1.74. The van der Waals surface area contributed by atoms with Crippen LogP contribution in [0.1, 0.15) is 38.0 Å². The maximum atomic E-state index is 8.69. The Morgan fingerprint density at radius 3 is 2.84 bits per heavy atom. The molecule has 108 valence electrons. The van der Waals surface area contributed by atoms with E-state index in [-0.39, 0.29) is 5.41 Å². The average molecular weight is 348 g/mol. The van der Waals surface area contributed by atoms with Gasteiger partial charge in [-0.05, 0) is 41.4 Å². The fourth-order valence-corrected chi connectivity index (χ4v) is 3.16. The minimum Gasteiger partial charge on any atom is -0.409 e. The van der Waals surface area contributed by atoms with E-state index in [0.29, 0.717) is 5.84 Å². The molecule has 0 radical (unpaired) electrons. The van der Waals surface area contributed by atoms with Crippen LogP contribution in [0, 0.1) is 5.41 Å². The van der Waals surface area contributed by atoms with Crippen molar-refractivity contribution in [2.75, 3.05) is 6.54 Å². The Bertz CT molecular complexity index is 418. The van der Waals surface area contributed by atoms with Gasteiger partial charge in [-0.3, -0.25) is 0 Å². The van der Waals surface area contributed by atoms with Gasteiger partial charge in [-0.1, -0.05) is 25.4 Å². The van der Waals surface area contributed by atoms with E-state index in [2.05, 4.69) is 37.8 Å². The van der Waals surface area contributed by atoms with Crippen LogP contribution < -0.4 is 11.1 Å². The lowest BCUT2D eigenvalue weighted by atomic mass is 9.86. The zero-order valence-electron chi connectivity index (χ0n) is 11.4. The molecule has 0 saturated carbocycles. The maximum Gasteiger partial charge on any atom is 0.144 e. The molecule has 1 rings (SSSR count). The minimum absolute atomic E-state index is 0.229. The highest BCUT2D eigenvalue weighted by atomic mass is 79.9. The average Bonchev–Trinajstić information content (AvgIpc) is 2.78. The van der Waals surface area contributed by atoms with Crippen molar-refractivity contribution in [3.05, 3.63) is 20.8 Å². The molecule has 4 N–H and O–H groups in total. The third kappa shape index (κ3) is 5.93. The highest BCUT2D eigenvalue weighted by molar-refractivity contribution is 9.10. The zero-order valence-corrected chi connectivity index (χ0v) is 13.9. The lowest BCUT2D eigenvalue weighted by Crippen LogP contribution is -2.32. The summed E-state index contributed by atoms with van der Waals surface area (Å²) in [6.45, 7) is 5.90.